The summed E-state index contributed by atoms with van der Waals surface area (Å²) in [6, 6.07) is 10.8. The fourth-order valence-electron chi connectivity index (χ4n) is 3.71. The lowest BCUT2D eigenvalue weighted by Crippen LogP contribution is -2.41. The normalized spacial score (nSPS) is 18.5. The number of likely N-dealkylation sites (tertiary alicyclic amines) is 1. The summed E-state index contributed by atoms with van der Waals surface area (Å²) in [6.45, 7) is 2.37. The molecule has 1 fully saturated rings. The standard InChI is InChI=1S/C23H23Cl2FN2O3/c1-14-20(22(30)27-11-2-3-16-6-9-18(24)19(25)13-16)21(29)23(31)28(14)12-10-15-4-7-17(26)8-5-15/h4-9,13-14,20H,2-3,10-12H2,1H3,(H,27,30). The first-order chi connectivity index (χ1) is 14.8. The topological polar surface area (TPSA) is 66.5 Å². The van der Waals surface area contributed by atoms with Crippen LogP contribution < -0.4 is 5.32 Å². The van der Waals surface area contributed by atoms with Crippen molar-refractivity contribution in [3.63, 3.8) is 0 Å². The van der Waals surface area contributed by atoms with E-state index in [0.717, 1.165) is 11.1 Å². The highest BCUT2D eigenvalue weighted by Gasteiger charge is 2.48. The number of ketones is 1. The van der Waals surface area contributed by atoms with Crippen LogP contribution in [-0.2, 0) is 27.2 Å². The molecule has 1 saturated heterocycles. The van der Waals surface area contributed by atoms with Gasteiger partial charge < -0.3 is 10.2 Å². The van der Waals surface area contributed by atoms with Gasteiger partial charge in [-0.1, -0.05) is 41.4 Å². The number of rotatable bonds is 8. The van der Waals surface area contributed by atoms with Crippen LogP contribution in [0.2, 0.25) is 10.0 Å². The molecule has 31 heavy (non-hydrogen) atoms. The van der Waals surface area contributed by atoms with Gasteiger partial charge in [-0.3, -0.25) is 14.4 Å². The van der Waals surface area contributed by atoms with Crippen molar-refractivity contribution in [3.05, 3.63) is 69.5 Å². The van der Waals surface area contributed by atoms with E-state index in [1.807, 2.05) is 6.07 Å². The average molecular weight is 465 g/mol. The second kappa shape index (κ2) is 10.2. The number of carbonyl (C=O) groups is 3. The molecule has 2 aromatic carbocycles. The Labute approximate surface area is 190 Å². The highest BCUT2D eigenvalue weighted by atomic mass is 35.5. The van der Waals surface area contributed by atoms with E-state index in [-0.39, 0.29) is 5.82 Å². The van der Waals surface area contributed by atoms with Crippen molar-refractivity contribution in [2.45, 2.75) is 32.2 Å². The highest BCUT2D eigenvalue weighted by molar-refractivity contribution is 6.43. The Morgan fingerprint density at radius 3 is 2.39 bits per heavy atom. The molecule has 2 aromatic rings. The van der Waals surface area contributed by atoms with Crippen molar-refractivity contribution in [2.24, 2.45) is 5.92 Å². The minimum atomic E-state index is -1.02. The number of amides is 2. The Hall–Kier alpha value is -2.44. The molecule has 1 heterocycles. The van der Waals surface area contributed by atoms with Crippen LogP contribution in [0.1, 0.15) is 24.5 Å². The number of nitrogens with zero attached hydrogens (tertiary/aromatic N) is 1. The summed E-state index contributed by atoms with van der Waals surface area (Å²) >= 11 is 11.9. The van der Waals surface area contributed by atoms with Gasteiger partial charge in [0.25, 0.3) is 5.91 Å². The van der Waals surface area contributed by atoms with Gasteiger partial charge in [0.1, 0.15) is 11.7 Å². The maximum Gasteiger partial charge on any atom is 0.291 e. The molecule has 0 spiro atoms. The third-order valence-corrected chi connectivity index (χ3v) is 6.23. The molecule has 0 bridgehead atoms. The first kappa shape index (κ1) is 23.2. The molecule has 0 aromatic heterocycles. The van der Waals surface area contributed by atoms with Gasteiger partial charge in [-0.15, -0.1) is 0 Å². The van der Waals surface area contributed by atoms with Gasteiger partial charge in [0.2, 0.25) is 11.7 Å². The molecule has 164 valence electrons. The first-order valence-corrected chi connectivity index (χ1v) is 10.8. The number of Topliss-reactive ketones (excluding diaryl/α,β-unsaturated/α-hetero) is 1. The van der Waals surface area contributed by atoms with Crippen molar-refractivity contribution >= 4 is 40.8 Å². The quantitative estimate of drug-likeness (QED) is 0.366. The van der Waals surface area contributed by atoms with Crippen LogP contribution in [0.4, 0.5) is 4.39 Å². The second-order valence-corrected chi connectivity index (χ2v) is 8.41. The van der Waals surface area contributed by atoms with Crippen LogP contribution in [0, 0.1) is 11.7 Å². The van der Waals surface area contributed by atoms with Crippen LogP contribution in [0.25, 0.3) is 0 Å². The van der Waals surface area contributed by atoms with Gasteiger partial charge in [-0.05, 0) is 61.6 Å². The van der Waals surface area contributed by atoms with Crippen LogP contribution in [-0.4, -0.2) is 41.6 Å². The summed E-state index contributed by atoms with van der Waals surface area (Å²) in [7, 11) is 0. The molecule has 2 amide bonds. The number of benzene rings is 2. The second-order valence-electron chi connectivity index (χ2n) is 7.60. The van der Waals surface area contributed by atoms with E-state index in [9.17, 15) is 18.8 Å². The Morgan fingerprint density at radius 1 is 1.03 bits per heavy atom. The third-order valence-electron chi connectivity index (χ3n) is 5.49. The summed E-state index contributed by atoms with van der Waals surface area (Å²) < 4.78 is 13.0. The zero-order valence-corrected chi connectivity index (χ0v) is 18.5. The maximum absolute atomic E-state index is 13.0. The Bertz CT molecular complexity index is 981. The van der Waals surface area contributed by atoms with Gasteiger partial charge >= 0.3 is 0 Å². The molecule has 2 unspecified atom stereocenters. The van der Waals surface area contributed by atoms with Crippen molar-refractivity contribution in [3.8, 4) is 0 Å². The lowest BCUT2D eigenvalue weighted by Gasteiger charge is -2.23. The largest absolute Gasteiger partial charge is 0.355 e. The molecule has 3 rings (SSSR count). The first-order valence-electron chi connectivity index (χ1n) is 10.1. The molecular weight excluding hydrogens is 442 g/mol. The van der Waals surface area contributed by atoms with Crippen molar-refractivity contribution in [1.82, 2.24) is 10.2 Å². The van der Waals surface area contributed by atoms with Gasteiger partial charge in [0.05, 0.1) is 10.0 Å². The summed E-state index contributed by atoms with van der Waals surface area (Å²) in [5.41, 5.74) is 1.85. The van der Waals surface area contributed by atoms with E-state index in [1.165, 1.54) is 17.0 Å². The lowest BCUT2D eigenvalue weighted by atomic mass is 9.99. The number of halogens is 3. The van der Waals surface area contributed by atoms with Crippen LogP contribution in [0.3, 0.4) is 0 Å². The fourth-order valence-corrected chi connectivity index (χ4v) is 4.03. The predicted octanol–water partition coefficient (Wildman–Crippen LogP) is 3.84. The zero-order valence-electron chi connectivity index (χ0n) is 17.0. The molecule has 8 heteroatoms. The molecule has 1 N–H and O–H groups in total. The summed E-state index contributed by atoms with van der Waals surface area (Å²) in [6.07, 6.45) is 1.82. The van der Waals surface area contributed by atoms with E-state index in [2.05, 4.69) is 5.32 Å². The molecule has 0 aliphatic carbocycles. The van der Waals surface area contributed by atoms with Crippen LogP contribution >= 0.6 is 23.2 Å². The maximum atomic E-state index is 13.0. The fraction of sp³-hybridized carbons (Fsp3) is 0.348. The number of carbonyl (C=O) groups excluding carboxylic acids is 3. The SMILES string of the molecule is CC1C(C(=O)NCCCc2ccc(Cl)c(Cl)c2)C(=O)C(=O)N1CCc1ccc(F)cc1. The smallest absolute Gasteiger partial charge is 0.291 e. The monoisotopic (exact) mass is 464 g/mol. The van der Waals surface area contributed by atoms with Gasteiger partial charge in [-0.25, -0.2) is 4.39 Å². The Kier molecular flexibility index (Phi) is 7.68. The summed E-state index contributed by atoms with van der Waals surface area (Å²) in [5, 5.41) is 3.73. The Balaban J connectivity index is 1.50. The molecule has 0 saturated carbocycles. The van der Waals surface area contributed by atoms with E-state index in [1.54, 1.807) is 31.2 Å². The van der Waals surface area contributed by atoms with Crippen molar-refractivity contribution in [1.29, 1.82) is 0 Å². The number of hydrogen-bond acceptors (Lipinski definition) is 3. The van der Waals surface area contributed by atoms with E-state index in [4.69, 9.17) is 23.2 Å². The summed E-state index contributed by atoms with van der Waals surface area (Å²) in [4.78, 5) is 38.8. The van der Waals surface area contributed by atoms with Crippen molar-refractivity contribution < 1.29 is 18.8 Å². The highest BCUT2D eigenvalue weighted by Crippen LogP contribution is 2.24. The van der Waals surface area contributed by atoms with E-state index >= 15 is 0 Å². The number of hydrogen-bond donors (Lipinski definition) is 1. The van der Waals surface area contributed by atoms with Gasteiger partial charge in [-0.2, -0.15) is 0 Å². The molecule has 1 aliphatic heterocycles. The molecular formula is C23H23Cl2FN2O3. The molecule has 5 nitrogen and oxygen atoms in total. The van der Waals surface area contributed by atoms with Gasteiger partial charge in [0.15, 0.2) is 0 Å². The minimum absolute atomic E-state index is 0.290. The summed E-state index contributed by atoms with van der Waals surface area (Å²) in [5.74, 6) is -3.13. The number of aryl methyl sites for hydroxylation is 1. The number of nitrogens with one attached hydrogen (secondary N) is 1. The van der Waals surface area contributed by atoms with E-state index < -0.39 is 29.6 Å². The zero-order chi connectivity index (χ0) is 22.5. The van der Waals surface area contributed by atoms with Crippen LogP contribution in [0.15, 0.2) is 42.5 Å². The van der Waals surface area contributed by atoms with Crippen molar-refractivity contribution in [2.75, 3.05) is 13.1 Å². The average Bonchev–Trinajstić information content (AvgIpc) is 2.95. The molecule has 0 radical (unpaired) electrons. The molecule has 2 atom stereocenters. The predicted molar refractivity (Wildman–Crippen MR) is 118 cm³/mol. The van der Waals surface area contributed by atoms with Crippen LogP contribution in [0.5, 0.6) is 0 Å². The minimum Gasteiger partial charge on any atom is -0.355 e. The van der Waals surface area contributed by atoms with E-state index in [0.29, 0.717) is 42.4 Å². The lowest BCUT2D eigenvalue weighted by molar-refractivity contribution is -0.142. The Morgan fingerprint density at radius 2 is 1.71 bits per heavy atom. The molecule has 1 aliphatic rings. The van der Waals surface area contributed by atoms with Gasteiger partial charge in [0, 0.05) is 19.1 Å². The third kappa shape index (κ3) is 5.63.